The van der Waals surface area contributed by atoms with Crippen LogP contribution in [0.3, 0.4) is 0 Å². The monoisotopic (exact) mass is 224 g/mol. The van der Waals surface area contributed by atoms with Crippen molar-refractivity contribution in [2.45, 2.75) is 45.4 Å². The summed E-state index contributed by atoms with van der Waals surface area (Å²) in [6.07, 6.45) is 6.66. The molecule has 0 unspecified atom stereocenters. The number of rotatable bonds is 4. The average Bonchev–Trinajstić information content (AvgIpc) is 3.10. The molecule has 0 radical (unpaired) electrons. The maximum Gasteiger partial charge on any atom is 0.228 e. The van der Waals surface area contributed by atoms with Crippen molar-refractivity contribution in [3.05, 3.63) is 0 Å². The number of piperidine rings is 1. The van der Waals surface area contributed by atoms with Gasteiger partial charge in [-0.1, -0.05) is 13.3 Å². The van der Waals surface area contributed by atoms with Crippen LogP contribution >= 0.6 is 0 Å². The lowest BCUT2D eigenvalue weighted by Gasteiger charge is -2.34. The molecule has 92 valence electrons. The second kappa shape index (κ2) is 4.74. The second-order valence-electron chi connectivity index (χ2n) is 5.50. The van der Waals surface area contributed by atoms with E-state index in [1.54, 1.807) is 0 Å². The van der Waals surface area contributed by atoms with Crippen LogP contribution in [-0.4, -0.2) is 30.4 Å². The Kier molecular flexibility index (Phi) is 3.53. The lowest BCUT2D eigenvalue weighted by molar-refractivity contribution is -0.138. The summed E-state index contributed by atoms with van der Waals surface area (Å²) in [5.74, 6) is 1.08. The molecule has 1 heterocycles. The molecule has 1 amide bonds. The molecule has 1 aliphatic heterocycles. The zero-order valence-corrected chi connectivity index (χ0v) is 10.4. The van der Waals surface area contributed by atoms with E-state index in [9.17, 15) is 4.79 Å². The highest BCUT2D eigenvalue weighted by Gasteiger charge is 2.50. The molecule has 0 aromatic carbocycles. The van der Waals surface area contributed by atoms with Crippen LogP contribution in [0.25, 0.3) is 0 Å². The fraction of sp³-hybridized carbons (Fsp3) is 0.923. The Morgan fingerprint density at radius 1 is 1.38 bits per heavy atom. The molecule has 0 bridgehead atoms. The summed E-state index contributed by atoms with van der Waals surface area (Å²) in [6.45, 7) is 4.83. The predicted octanol–water partition coefficient (Wildman–Crippen LogP) is 1.76. The van der Waals surface area contributed by atoms with Crippen molar-refractivity contribution in [1.82, 2.24) is 4.90 Å². The van der Waals surface area contributed by atoms with E-state index in [1.807, 2.05) is 0 Å². The number of amides is 1. The second-order valence-corrected chi connectivity index (χ2v) is 5.50. The number of nitrogens with zero attached hydrogens (tertiary/aromatic N) is 1. The van der Waals surface area contributed by atoms with Crippen LogP contribution in [-0.2, 0) is 4.79 Å². The van der Waals surface area contributed by atoms with Crippen LogP contribution < -0.4 is 5.73 Å². The fourth-order valence-corrected chi connectivity index (χ4v) is 2.91. The molecule has 16 heavy (non-hydrogen) atoms. The van der Waals surface area contributed by atoms with Crippen LogP contribution in [0.5, 0.6) is 0 Å². The molecule has 0 atom stereocenters. The molecule has 1 saturated carbocycles. The number of likely N-dealkylation sites (tertiary alicyclic amines) is 1. The van der Waals surface area contributed by atoms with Crippen LogP contribution in [0.4, 0.5) is 0 Å². The van der Waals surface area contributed by atoms with Gasteiger partial charge in [-0.2, -0.15) is 0 Å². The molecule has 2 rings (SSSR count). The topological polar surface area (TPSA) is 46.3 Å². The third kappa shape index (κ3) is 2.24. The number of hydrogen-bond acceptors (Lipinski definition) is 2. The molecule has 3 heteroatoms. The normalized spacial score (nSPS) is 24.5. The summed E-state index contributed by atoms with van der Waals surface area (Å²) in [5, 5.41) is 0. The Hall–Kier alpha value is -0.570. The van der Waals surface area contributed by atoms with Crippen molar-refractivity contribution in [3.63, 3.8) is 0 Å². The number of carbonyl (C=O) groups is 1. The predicted molar refractivity (Wildman–Crippen MR) is 64.9 cm³/mol. The number of hydrogen-bond donors (Lipinski definition) is 1. The third-order valence-electron chi connectivity index (χ3n) is 4.27. The van der Waals surface area contributed by atoms with E-state index in [-0.39, 0.29) is 5.41 Å². The Labute approximate surface area is 98.4 Å². The summed E-state index contributed by atoms with van der Waals surface area (Å²) in [6, 6.07) is 0. The number of carbonyl (C=O) groups excluding carboxylic acids is 1. The van der Waals surface area contributed by atoms with Gasteiger partial charge in [-0.05, 0) is 44.6 Å². The van der Waals surface area contributed by atoms with E-state index in [4.69, 9.17) is 5.73 Å². The van der Waals surface area contributed by atoms with Crippen molar-refractivity contribution in [2.75, 3.05) is 19.6 Å². The Bertz CT molecular complexity index is 253. The van der Waals surface area contributed by atoms with Crippen LogP contribution in [0.2, 0.25) is 0 Å². The molecular formula is C13H24N2O. The van der Waals surface area contributed by atoms with Crippen molar-refractivity contribution >= 4 is 5.91 Å². The van der Waals surface area contributed by atoms with Crippen LogP contribution in [0.1, 0.15) is 45.4 Å². The van der Waals surface area contributed by atoms with E-state index in [0.29, 0.717) is 11.8 Å². The van der Waals surface area contributed by atoms with Gasteiger partial charge in [0.25, 0.3) is 0 Å². The molecule has 2 N–H and O–H groups in total. The first-order valence-corrected chi connectivity index (χ1v) is 6.71. The molecule has 1 saturated heterocycles. The first-order valence-electron chi connectivity index (χ1n) is 6.71. The maximum atomic E-state index is 12.4. The van der Waals surface area contributed by atoms with E-state index in [0.717, 1.165) is 58.2 Å². The lowest BCUT2D eigenvalue weighted by atomic mass is 9.93. The van der Waals surface area contributed by atoms with E-state index in [1.165, 1.54) is 0 Å². The maximum absolute atomic E-state index is 12.4. The van der Waals surface area contributed by atoms with Crippen molar-refractivity contribution in [1.29, 1.82) is 0 Å². The molecule has 1 aliphatic carbocycles. The fourth-order valence-electron chi connectivity index (χ4n) is 2.91. The van der Waals surface area contributed by atoms with Gasteiger partial charge in [-0.25, -0.2) is 0 Å². The van der Waals surface area contributed by atoms with Gasteiger partial charge in [-0.15, -0.1) is 0 Å². The molecular weight excluding hydrogens is 200 g/mol. The van der Waals surface area contributed by atoms with Crippen LogP contribution in [0.15, 0.2) is 0 Å². The molecule has 0 aromatic heterocycles. The third-order valence-corrected chi connectivity index (χ3v) is 4.27. The van der Waals surface area contributed by atoms with E-state index in [2.05, 4.69) is 11.8 Å². The van der Waals surface area contributed by atoms with Crippen molar-refractivity contribution in [3.8, 4) is 0 Å². The van der Waals surface area contributed by atoms with Crippen molar-refractivity contribution < 1.29 is 4.79 Å². The summed E-state index contributed by atoms with van der Waals surface area (Å²) in [4.78, 5) is 14.5. The molecule has 0 spiro atoms. The Balaban J connectivity index is 1.87. The first-order chi connectivity index (χ1) is 7.72. The van der Waals surface area contributed by atoms with E-state index < -0.39 is 0 Å². The van der Waals surface area contributed by atoms with Gasteiger partial charge in [0.1, 0.15) is 0 Å². The van der Waals surface area contributed by atoms with Gasteiger partial charge >= 0.3 is 0 Å². The van der Waals surface area contributed by atoms with Gasteiger partial charge in [-0.3, -0.25) is 4.79 Å². The summed E-state index contributed by atoms with van der Waals surface area (Å²) >= 11 is 0. The van der Waals surface area contributed by atoms with Gasteiger partial charge < -0.3 is 10.6 Å². The Morgan fingerprint density at radius 2 is 2.00 bits per heavy atom. The van der Waals surface area contributed by atoms with E-state index >= 15 is 0 Å². The van der Waals surface area contributed by atoms with Gasteiger partial charge in [0.15, 0.2) is 0 Å². The molecule has 3 nitrogen and oxygen atoms in total. The highest BCUT2D eigenvalue weighted by molar-refractivity contribution is 5.85. The standard InChI is InChI=1S/C13H24N2O/c1-2-5-13(6-7-13)12(16)15-8-3-11(10-14)4-9-15/h11H,2-10,14H2,1H3. The lowest BCUT2D eigenvalue weighted by Crippen LogP contribution is -2.43. The largest absolute Gasteiger partial charge is 0.342 e. The zero-order chi connectivity index (χ0) is 11.6. The minimum absolute atomic E-state index is 0.0598. The number of nitrogens with two attached hydrogens (primary N) is 1. The molecule has 2 aliphatic rings. The minimum Gasteiger partial charge on any atom is -0.342 e. The summed E-state index contributed by atoms with van der Waals surface area (Å²) < 4.78 is 0. The Morgan fingerprint density at radius 3 is 2.44 bits per heavy atom. The summed E-state index contributed by atoms with van der Waals surface area (Å²) in [7, 11) is 0. The average molecular weight is 224 g/mol. The molecule has 2 fully saturated rings. The quantitative estimate of drug-likeness (QED) is 0.791. The highest BCUT2D eigenvalue weighted by atomic mass is 16.2. The minimum atomic E-state index is 0.0598. The van der Waals surface area contributed by atoms with Crippen LogP contribution in [0, 0.1) is 11.3 Å². The smallest absolute Gasteiger partial charge is 0.228 e. The van der Waals surface area contributed by atoms with Gasteiger partial charge in [0.2, 0.25) is 5.91 Å². The first kappa shape index (κ1) is 11.9. The summed E-state index contributed by atoms with van der Waals surface area (Å²) in [5.41, 5.74) is 5.73. The van der Waals surface area contributed by atoms with Gasteiger partial charge in [0, 0.05) is 18.5 Å². The van der Waals surface area contributed by atoms with Crippen molar-refractivity contribution in [2.24, 2.45) is 17.1 Å². The zero-order valence-electron chi connectivity index (χ0n) is 10.4. The highest BCUT2D eigenvalue weighted by Crippen LogP contribution is 2.51. The molecule has 0 aromatic rings. The SMILES string of the molecule is CCCC1(C(=O)N2CCC(CN)CC2)CC1. The van der Waals surface area contributed by atoms with Gasteiger partial charge in [0.05, 0.1) is 0 Å².